The van der Waals surface area contributed by atoms with E-state index >= 15 is 0 Å². The molecular formula is C22H19N3O4S2. The largest absolute Gasteiger partial charge is 0.497 e. The van der Waals surface area contributed by atoms with Crippen molar-refractivity contribution in [3.05, 3.63) is 66.6 Å². The van der Waals surface area contributed by atoms with Crippen LogP contribution >= 0.6 is 23.1 Å². The van der Waals surface area contributed by atoms with Crippen LogP contribution in [-0.4, -0.2) is 29.2 Å². The van der Waals surface area contributed by atoms with E-state index in [1.165, 1.54) is 29.4 Å². The molecule has 2 heterocycles. The average Bonchev–Trinajstić information content (AvgIpc) is 3.43. The Morgan fingerprint density at radius 2 is 2.00 bits per heavy atom. The van der Waals surface area contributed by atoms with Crippen LogP contribution in [0.1, 0.15) is 17.5 Å². The van der Waals surface area contributed by atoms with E-state index in [9.17, 15) is 9.59 Å². The van der Waals surface area contributed by atoms with E-state index in [0.29, 0.717) is 10.8 Å². The van der Waals surface area contributed by atoms with Crippen molar-refractivity contribution in [1.82, 2.24) is 4.98 Å². The zero-order valence-electron chi connectivity index (χ0n) is 16.7. The van der Waals surface area contributed by atoms with E-state index in [2.05, 4.69) is 15.6 Å². The number of methoxy groups -OCH3 is 1. The molecule has 158 valence electrons. The smallest absolute Gasteiger partial charge is 0.291 e. The third-order valence-electron chi connectivity index (χ3n) is 4.34. The summed E-state index contributed by atoms with van der Waals surface area (Å²) in [6.45, 7) is 1.82. The van der Waals surface area contributed by atoms with Gasteiger partial charge in [-0.2, -0.15) is 0 Å². The summed E-state index contributed by atoms with van der Waals surface area (Å²) in [5, 5.41) is 5.84. The molecule has 9 heteroatoms. The van der Waals surface area contributed by atoms with Crippen molar-refractivity contribution in [3.63, 3.8) is 0 Å². The first-order valence-corrected chi connectivity index (χ1v) is 11.1. The molecule has 1 unspecified atom stereocenters. The summed E-state index contributed by atoms with van der Waals surface area (Å²) in [5.41, 5.74) is 1.43. The second-order valence-electron chi connectivity index (χ2n) is 6.56. The minimum atomic E-state index is -0.363. The first kappa shape index (κ1) is 21.0. The standard InChI is InChI=1S/C22H19N3O4S2/c1-13(20(26)25-22-24-17-9-8-15(28-2)12-19(17)31-22)30-16-6-3-5-14(11-16)23-21(27)18-7-4-10-29-18/h3-13H,1-2H3,(H,23,27)(H,24,25,26). The highest BCUT2D eigenvalue weighted by Gasteiger charge is 2.17. The summed E-state index contributed by atoms with van der Waals surface area (Å²) in [6, 6.07) is 16.2. The number of rotatable bonds is 7. The molecule has 2 aromatic heterocycles. The number of aromatic nitrogens is 1. The molecule has 4 aromatic rings. The van der Waals surface area contributed by atoms with E-state index in [4.69, 9.17) is 9.15 Å². The van der Waals surface area contributed by atoms with Gasteiger partial charge in [-0.05, 0) is 55.5 Å². The molecular weight excluding hydrogens is 434 g/mol. The fourth-order valence-electron chi connectivity index (χ4n) is 2.80. The fraction of sp³-hybridized carbons (Fsp3) is 0.136. The molecule has 4 rings (SSSR count). The van der Waals surface area contributed by atoms with Crippen molar-refractivity contribution in [1.29, 1.82) is 0 Å². The number of nitrogens with zero attached hydrogens (tertiary/aromatic N) is 1. The van der Waals surface area contributed by atoms with E-state index in [0.717, 1.165) is 20.9 Å². The minimum absolute atomic E-state index is 0.152. The fourth-order valence-corrected chi connectivity index (χ4v) is 4.62. The lowest BCUT2D eigenvalue weighted by Gasteiger charge is -2.11. The van der Waals surface area contributed by atoms with Gasteiger partial charge in [-0.15, -0.1) is 11.8 Å². The van der Waals surface area contributed by atoms with Crippen molar-refractivity contribution in [2.75, 3.05) is 17.7 Å². The van der Waals surface area contributed by atoms with Gasteiger partial charge in [0.05, 0.1) is 28.8 Å². The molecule has 2 amide bonds. The first-order chi connectivity index (χ1) is 15.0. The summed E-state index contributed by atoms with van der Waals surface area (Å²) in [7, 11) is 1.61. The molecule has 2 aromatic carbocycles. The number of furan rings is 1. The third-order valence-corrected chi connectivity index (χ3v) is 6.37. The lowest BCUT2D eigenvalue weighted by molar-refractivity contribution is -0.115. The van der Waals surface area contributed by atoms with Crippen LogP contribution in [0, 0.1) is 0 Å². The number of anilines is 2. The Morgan fingerprint density at radius 3 is 2.77 bits per heavy atom. The number of carbonyl (C=O) groups excluding carboxylic acids is 2. The molecule has 0 saturated heterocycles. The van der Waals surface area contributed by atoms with Gasteiger partial charge in [0.25, 0.3) is 5.91 Å². The Kier molecular flexibility index (Phi) is 6.24. The number of thiazole rings is 1. The van der Waals surface area contributed by atoms with Gasteiger partial charge in [-0.3, -0.25) is 9.59 Å². The molecule has 0 saturated carbocycles. The Balaban J connectivity index is 1.39. The number of nitrogens with one attached hydrogen (secondary N) is 2. The summed E-state index contributed by atoms with van der Waals surface area (Å²) in [5.74, 6) is 0.502. The topological polar surface area (TPSA) is 93.5 Å². The summed E-state index contributed by atoms with van der Waals surface area (Å²) >= 11 is 2.79. The highest BCUT2D eigenvalue weighted by Crippen LogP contribution is 2.31. The third kappa shape index (κ3) is 5.07. The van der Waals surface area contributed by atoms with Crippen molar-refractivity contribution >= 4 is 55.9 Å². The predicted octanol–water partition coefficient (Wildman–Crippen LogP) is 5.27. The predicted molar refractivity (Wildman–Crippen MR) is 123 cm³/mol. The number of hydrogen-bond acceptors (Lipinski definition) is 7. The zero-order chi connectivity index (χ0) is 21.8. The number of fused-ring (bicyclic) bond motifs is 1. The highest BCUT2D eigenvalue weighted by molar-refractivity contribution is 8.00. The van der Waals surface area contributed by atoms with Gasteiger partial charge in [0, 0.05) is 10.6 Å². The van der Waals surface area contributed by atoms with E-state index in [1.807, 2.05) is 43.3 Å². The molecule has 31 heavy (non-hydrogen) atoms. The average molecular weight is 454 g/mol. The number of amides is 2. The lowest BCUT2D eigenvalue weighted by atomic mass is 10.3. The van der Waals surface area contributed by atoms with Crippen LogP contribution in [-0.2, 0) is 4.79 Å². The normalized spacial score (nSPS) is 11.8. The maximum atomic E-state index is 12.7. The molecule has 0 aliphatic carbocycles. The van der Waals surface area contributed by atoms with Crippen LogP contribution in [0.4, 0.5) is 10.8 Å². The Bertz CT molecular complexity index is 1220. The van der Waals surface area contributed by atoms with Crippen LogP contribution in [0.2, 0.25) is 0 Å². The van der Waals surface area contributed by atoms with E-state index < -0.39 is 0 Å². The van der Waals surface area contributed by atoms with Gasteiger partial charge in [-0.1, -0.05) is 17.4 Å². The van der Waals surface area contributed by atoms with Crippen LogP contribution in [0.15, 0.2) is 70.2 Å². The first-order valence-electron chi connectivity index (χ1n) is 9.39. The van der Waals surface area contributed by atoms with Crippen LogP contribution < -0.4 is 15.4 Å². The zero-order valence-corrected chi connectivity index (χ0v) is 18.4. The molecule has 0 aliphatic heterocycles. The van der Waals surface area contributed by atoms with Crippen LogP contribution in [0.5, 0.6) is 5.75 Å². The van der Waals surface area contributed by atoms with Crippen molar-refractivity contribution in [2.45, 2.75) is 17.1 Å². The van der Waals surface area contributed by atoms with Crippen LogP contribution in [0.3, 0.4) is 0 Å². The van der Waals surface area contributed by atoms with Gasteiger partial charge in [0.2, 0.25) is 5.91 Å². The lowest BCUT2D eigenvalue weighted by Crippen LogP contribution is -2.22. The second kappa shape index (κ2) is 9.23. The van der Waals surface area contributed by atoms with Gasteiger partial charge in [-0.25, -0.2) is 4.98 Å². The van der Waals surface area contributed by atoms with Gasteiger partial charge >= 0.3 is 0 Å². The number of benzene rings is 2. The SMILES string of the molecule is COc1ccc2nc(NC(=O)C(C)Sc3cccc(NC(=O)c4ccco4)c3)sc2c1. The van der Waals surface area contributed by atoms with Gasteiger partial charge in [0.1, 0.15) is 5.75 Å². The van der Waals surface area contributed by atoms with E-state index in [1.54, 1.807) is 25.3 Å². The number of hydrogen-bond donors (Lipinski definition) is 2. The molecule has 1 atom stereocenters. The van der Waals surface area contributed by atoms with Crippen molar-refractivity contribution < 1.29 is 18.7 Å². The maximum Gasteiger partial charge on any atom is 0.291 e. The van der Waals surface area contributed by atoms with Crippen molar-refractivity contribution in [2.24, 2.45) is 0 Å². The van der Waals surface area contributed by atoms with Gasteiger partial charge in [0.15, 0.2) is 10.9 Å². The Hall–Kier alpha value is -3.30. The monoisotopic (exact) mass is 453 g/mol. The molecule has 7 nitrogen and oxygen atoms in total. The Labute approximate surface area is 186 Å². The van der Waals surface area contributed by atoms with E-state index in [-0.39, 0.29) is 22.8 Å². The molecule has 0 spiro atoms. The summed E-state index contributed by atoms with van der Waals surface area (Å²) < 4.78 is 11.3. The molecule has 0 radical (unpaired) electrons. The molecule has 0 fully saturated rings. The number of carbonyl (C=O) groups is 2. The van der Waals surface area contributed by atoms with Gasteiger partial charge < -0.3 is 19.8 Å². The Morgan fingerprint density at radius 1 is 1.13 bits per heavy atom. The second-order valence-corrected chi connectivity index (χ2v) is 9.01. The highest BCUT2D eigenvalue weighted by atomic mass is 32.2. The number of thioether (sulfide) groups is 1. The number of ether oxygens (including phenoxy) is 1. The molecule has 0 aliphatic rings. The van der Waals surface area contributed by atoms with Crippen LogP contribution in [0.25, 0.3) is 10.2 Å². The molecule has 2 N–H and O–H groups in total. The quantitative estimate of drug-likeness (QED) is 0.370. The summed E-state index contributed by atoms with van der Waals surface area (Å²) in [6.07, 6.45) is 1.45. The maximum absolute atomic E-state index is 12.7. The summed E-state index contributed by atoms with van der Waals surface area (Å²) in [4.78, 5) is 30.1. The van der Waals surface area contributed by atoms with Crippen molar-refractivity contribution in [3.8, 4) is 5.75 Å². The minimum Gasteiger partial charge on any atom is -0.497 e. The molecule has 0 bridgehead atoms.